The van der Waals surface area contributed by atoms with E-state index in [2.05, 4.69) is 11.1 Å². The van der Waals surface area contributed by atoms with Gasteiger partial charge in [0.15, 0.2) is 0 Å². The number of phenols is 1. The fraction of sp³-hybridized carbons (Fsp3) is 0.714. The fourth-order valence-corrected chi connectivity index (χ4v) is 3.67. The molecule has 1 N–H and O–H groups in total. The van der Waals surface area contributed by atoms with E-state index in [4.69, 9.17) is 0 Å². The summed E-state index contributed by atoms with van der Waals surface area (Å²) in [5.41, 5.74) is 0.553. The minimum Gasteiger partial charge on any atom is -0.716 e. The molecule has 0 fully saturated rings. The Balaban J connectivity index is 0.00000729. The van der Waals surface area contributed by atoms with Gasteiger partial charge in [0.25, 0.3) is 10.4 Å². The molecule has 156 valence electrons. The average Bonchev–Trinajstić information content (AvgIpc) is 2.60. The standard InChI is InChI=1S/C21H36O5S.Na/c1-2-3-4-5-6-7-8-9-10-11-12-13-14-15-19-18-20(22)16-17-21(19)26-27(23,24)25;/h16-18,22H,2-15H2,1H3,(H,23,24,25);/q;+1/p-1. The first-order chi connectivity index (χ1) is 12.9. The van der Waals surface area contributed by atoms with Gasteiger partial charge < -0.3 is 13.8 Å². The van der Waals surface area contributed by atoms with Crippen LogP contribution in [0.2, 0.25) is 0 Å². The van der Waals surface area contributed by atoms with Crippen molar-refractivity contribution in [1.82, 2.24) is 0 Å². The van der Waals surface area contributed by atoms with Gasteiger partial charge in [-0.05, 0) is 36.6 Å². The van der Waals surface area contributed by atoms with Crippen molar-refractivity contribution in [3.63, 3.8) is 0 Å². The van der Waals surface area contributed by atoms with Gasteiger partial charge in [-0.25, -0.2) is 8.42 Å². The molecule has 1 aromatic rings. The summed E-state index contributed by atoms with van der Waals surface area (Å²) >= 11 is 0. The third-order valence-electron chi connectivity index (χ3n) is 4.79. The molecule has 0 aliphatic rings. The Morgan fingerprint density at radius 3 is 1.79 bits per heavy atom. The van der Waals surface area contributed by atoms with Gasteiger partial charge in [0, 0.05) is 0 Å². The smallest absolute Gasteiger partial charge is 0.716 e. The van der Waals surface area contributed by atoms with Crippen molar-refractivity contribution in [2.24, 2.45) is 0 Å². The predicted molar refractivity (Wildman–Crippen MR) is 108 cm³/mol. The van der Waals surface area contributed by atoms with E-state index >= 15 is 0 Å². The van der Waals surface area contributed by atoms with Crippen molar-refractivity contribution < 1.29 is 51.8 Å². The average molecular weight is 423 g/mol. The Hall–Kier alpha value is -0.270. The van der Waals surface area contributed by atoms with Crippen LogP contribution in [-0.2, 0) is 16.8 Å². The minimum atomic E-state index is -4.80. The van der Waals surface area contributed by atoms with Crippen LogP contribution in [0.15, 0.2) is 18.2 Å². The summed E-state index contributed by atoms with van der Waals surface area (Å²) in [6, 6.07) is 4.09. The molecular formula is C21H35NaO5S. The zero-order valence-corrected chi connectivity index (χ0v) is 20.4. The van der Waals surface area contributed by atoms with Crippen molar-refractivity contribution >= 4 is 10.4 Å². The first kappa shape index (κ1) is 27.7. The zero-order chi connectivity index (χ0) is 20.0. The molecule has 0 amide bonds. The Morgan fingerprint density at radius 2 is 1.32 bits per heavy atom. The molecule has 0 saturated heterocycles. The maximum absolute atomic E-state index is 10.8. The third-order valence-corrected chi connectivity index (χ3v) is 5.17. The number of aromatic hydroxyl groups is 1. The normalized spacial score (nSPS) is 11.2. The first-order valence-corrected chi connectivity index (χ1v) is 11.7. The van der Waals surface area contributed by atoms with Gasteiger partial charge in [-0.2, -0.15) is 0 Å². The predicted octanol–water partition coefficient (Wildman–Crippen LogP) is 2.87. The van der Waals surface area contributed by atoms with E-state index in [1.54, 1.807) is 0 Å². The van der Waals surface area contributed by atoms with E-state index in [1.165, 1.54) is 82.4 Å². The van der Waals surface area contributed by atoms with E-state index in [0.717, 1.165) is 19.3 Å². The Kier molecular flexibility index (Phi) is 16.4. The van der Waals surface area contributed by atoms with Gasteiger partial charge in [0.2, 0.25) is 0 Å². The topological polar surface area (TPSA) is 86.7 Å². The second kappa shape index (κ2) is 16.5. The second-order valence-electron chi connectivity index (χ2n) is 7.28. The number of hydrogen-bond donors (Lipinski definition) is 1. The number of rotatable bonds is 16. The van der Waals surface area contributed by atoms with Gasteiger partial charge in [-0.1, -0.05) is 84.0 Å². The largest absolute Gasteiger partial charge is 1.00 e. The van der Waals surface area contributed by atoms with Gasteiger partial charge >= 0.3 is 29.6 Å². The summed E-state index contributed by atoms with van der Waals surface area (Å²) in [6.07, 6.45) is 16.9. The third kappa shape index (κ3) is 14.7. The SMILES string of the molecule is CCCCCCCCCCCCCCCc1cc(O)ccc1OS(=O)(=O)[O-].[Na+]. The van der Waals surface area contributed by atoms with Crippen molar-refractivity contribution in [2.45, 2.75) is 96.8 Å². The summed E-state index contributed by atoms with van der Waals surface area (Å²) < 4.78 is 36.8. The van der Waals surface area contributed by atoms with Gasteiger partial charge in [0.05, 0.1) is 0 Å². The van der Waals surface area contributed by atoms with E-state index in [-0.39, 0.29) is 41.1 Å². The maximum Gasteiger partial charge on any atom is 1.00 e. The molecule has 0 aliphatic carbocycles. The van der Waals surface area contributed by atoms with Crippen LogP contribution in [0.3, 0.4) is 0 Å². The van der Waals surface area contributed by atoms with Crippen molar-refractivity contribution in [3.8, 4) is 11.5 Å². The van der Waals surface area contributed by atoms with E-state index in [1.807, 2.05) is 0 Å². The second-order valence-corrected chi connectivity index (χ2v) is 8.26. The van der Waals surface area contributed by atoms with Crippen molar-refractivity contribution in [2.75, 3.05) is 0 Å². The number of benzene rings is 1. The minimum absolute atomic E-state index is 0. The monoisotopic (exact) mass is 422 g/mol. The molecule has 0 spiro atoms. The molecule has 7 heteroatoms. The number of unbranched alkanes of at least 4 members (excludes halogenated alkanes) is 12. The van der Waals surface area contributed by atoms with Gasteiger partial charge in [0.1, 0.15) is 11.5 Å². The van der Waals surface area contributed by atoms with Crippen LogP contribution in [0, 0.1) is 0 Å². The summed E-state index contributed by atoms with van der Waals surface area (Å²) in [5.74, 6) is 0.0528. The summed E-state index contributed by atoms with van der Waals surface area (Å²) in [5, 5.41) is 9.56. The first-order valence-electron chi connectivity index (χ1n) is 10.4. The summed E-state index contributed by atoms with van der Waals surface area (Å²) in [6.45, 7) is 2.24. The van der Waals surface area contributed by atoms with Crippen LogP contribution in [0.5, 0.6) is 11.5 Å². The molecule has 0 radical (unpaired) electrons. The Morgan fingerprint density at radius 1 is 0.857 bits per heavy atom. The van der Waals surface area contributed by atoms with Crippen LogP contribution < -0.4 is 33.7 Å². The summed E-state index contributed by atoms with van der Waals surface area (Å²) in [7, 11) is -4.80. The number of hydrogen-bond acceptors (Lipinski definition) is 5. The van der Waals surface area contributed by atoms with Crippen LogP contribution in [0.4, 0.5) is 0 Å². The van der Waals surface area contributed by atoms with Crippen LogP contribution >= 0.6 is 0 Å². The molecule has 0 heterocycles. The molecule has 1 aromatic carbocycles. The zero-order valence-electron chi connectivity index (χ0n) is 17.6. The van der Waals surface area contributed by atoms with Crippen molar-refractivity contribution in [3.05, 3.63) is 23.8 Å². The van der Waals surface area contributed by atoms with Gasteiger partial charge in [-0.15, -0.1) is 0 Å². The molecule has 0 bridgehead atoms. The molecule has 0 aliphatic heterocycles. The van der Waals surface area contributed by atoms with E-state index in [0.29, 0.717) is 12.0 Å². The molecule has 0 aromatic heterocycles. The van der Waals surface area contributed by atoms with Crippen molar-refractivity contribution in [1.29, 1.82) is 0 Å². The number of phenolic OH excluding ortho intramolecular Hbond substituents is 1. The molecule has 5 nitrogen and oxygen atoms in total. The molecule has 1 rings (SSSR count). The molecular weight excluding hydrogens is 387 g/mol. The maximum atomic E-state index is 10.8. The van der Waals surface area contributed by atoms with Crippen LogP contribution in [-0.4, -0.2) is 18.1 Å². The quantitative estimate of drug-likeness (QED) is 0.192. The summed E-state index contributed by atoms with van der Waals surface area (Å²) in [4.78, 5) is 0. The van der Waals surface area contributed by atoms with E-state index < -0.39 is 10.4 Å². The molecule has 0 atom stereocenters. The van der Waals surface area contributed by atoms with Crippen LogP contribution in [0.25, 0.3) is 0 Å². The van der Waals surface area contributed by atoms with E-state index in [9.17, 15) is 18.1 Å². The number of aryl methyl sites for hydroxylation is 1. The fourth-order valence-electron chi connectivity index (χ4n) is 3.29. The molecule has 28 heavy (non-hydrogen) atoms. The van der Waals surface area contributed by atoms with Gasteiger partial charge in [-0.3, -0.25) is 0 Å². The Bertz CT molecular complexity index is 619. The van der Waals surface area contributed by atoms with Crippen LogP contribution in [0.1, 0.15) is 96.0 Å². The molecule has 0 unspecified atom stereocenters. The Labute approximate surface area is 193 Å². The molecule has 0 saturated carbocycles.